The molecular formula is C15H24FN3O. The molecule has 4 nitrogen and oxygen atoms in total. The van der Waals surface area contributed by atoms with E-state index in [0.717, 1.165) is 18.5 Å². The minimum atomic E-state index is -0.370. The first-order valence-corrected chi connectivity index (χ1v) is 6.98. The maximum absolute atomic E-state index is 13.6. The highest BCUT2D eigenvalue weighted by molar-refractivity contribution is 5.77. The molecule has 0 amide bonds. The van der Waals surface area contributed by atoms with Gasteiger partial charge in [-0.15, -0.1) is 0 Å². The van der Waals surface area contributed by atoms with Crippen molar-refractivity contribution in [3.63, 3.8) is 0 Å². The number of rotatable bonds is 7. The summed E-state index contributed by atoms with van der Waals surface area (Å²) in [6.45, 7) is 7.71. The van der Waals surface area contributed by atoms with Gasteiger partial charge < -0.3 is 15.8 Å². The van der Waals surface area contributed by atoms with Crippen LogP contribution >= 0.6 is 0 Å². The number of hydrogen-bond donors (Lipinski definition) is 2. The predicted molar refractivity (Wildman–Crippen MR) is 80.4 cm³/mol. The molecule has 1 aromatic carbocycles. The predicted octanol–water partition coefficient (Wildman–Crippen LogP) is 2.67. The summed E-state index contributed by atoms with van der Waals surface area (Å²) in [5, 5.41) is 3.04. The summed E-state index contributed by atoms with van der Waals surface area (Å²) in [6.07, 6.45) is 1.04. The molecule has 0 fully saturated rings. The maximum Gasteiger partial charge on any atom is 0.188 e. The molecule has 5 heteroatoms. The molecule has 20 heavy (non-hydrogen) atoms. The van der Waals surface area contributed by atoms with Crippen LogP contribution in [0.2, 0.25) is 0 Å². The molecule has 0 aliphatic heterocycles. The van der Waals surface area contributed by atoms with Crippen molar-refractivity contribution < 1.29 is 9.13 Å². The van der Waals surface area contributed by atoms with E-state index in [1.165, 1.54) is 6.07 Å². The lowest BCUT2D eigenvalue weighted by atomic mass is 10.1. The molecule has 1 rings (SSSR count). The van der Waals surface area contributed by atoms with E-state index in [9.17, 15) is 4.39 Å². The largest absolute Gasteiger partial charge is 0.491 e. The Morgan fingerprint density at radius 3 is 2.80 bits per heavy atom. The molecule has 0 radical (unpaired) electrons. The first kappa shape index (κ1) is 16.3. The Hall–Kier alpha value is -1.78. The number of nitrogens with zero attached hydrogens (tertiary/aromatic N) is 1. The summed E-state index contributed by atoms with van der Waals surface area (Å²) in [5.74, 6) is 0.907. The third-order valence-electron chi connectivity index (χ3n) is 2.76. The average molecular weight is 281 g/mol. The van der Waals surface area contributed by atoms with E-state index in [4.69, 9.17) is 10.5 Å². The molecule has 0 unspecified atom stereocenters. The summed E-state index contributed by atoms with van der Waals surface area (Å²) in [4.78, 5) is 4.18. The Morgan fingerprint density at radius 2 is 2.20 bits per heavy atom. The van der Waals surface area contributed by atoms with Gasteiger partial charge in [0.1, 0.15) is 0 Å². The van der Waals surface area contributed by atoms with Gasteiger partial charge in [0, 0.05) is 6.54 Å². The second kappa shape index (κ2) is 8.40. The van der Waals surface area contributed by atoms with Crippen molar-refractivity contribution in [3.05, 3.63) is 29.6 Å². The number of nitrogens with one attached hydrogen (secondary N) is 1. The van der Waals surface area contributed by atoms with Gasteiger partial charge >= 0.3 is 0 Å². The van der Waals surface area contributed by atoms with Crippen LogP contribution in [-0.2, 0) is 6.54 Å². The van der Waals surface area contributed by atoms with Crippen LogP contribution in [0.25, 0.3) is 0 Å². The first-order valence-electron chi connectivity index (χ1n) is 6.98. The average Bonchev–Trinajstić information content (AvgIpc) is 2.39. The second-order valence-electron chi connectivity index (χ2n) is 5.01. The van der Waals surface area contributed by atoms with Crippen molar-refractivity contribution in [1.82, 2.24) is 5.32 Å². The fourth-order valence-electron chi connectivity index (χ4n) is 1.64. The molecular weight excluding hydrogens is 257 g/mol. The van der Waals surface area contributed by atoms with Crippen molar-refractivity contribution >= 4 is 5.96 Å². The lowest BCUT2D eigenvalue weighted by Gasteiger charge is -2.08. The lowest BCUT2D eigenvalue weighted by Crippen LogP contribution is -2.32. The van der Waals surface area contributed by atoms with E-state index >= 15 is 0 Å². The highest BCUT2D eigenvalue weighted by Crippen LogP contribution is 2.18. The molecule has 0 saturated heterocycles. The molecule has 0 saturated carbocycles. The zero-order valence-electron chi connectivity index (χ0n) is 12.4. The number of aliphatic imine (C=N–C) groups is 1. The Bertz CT molecular complexity index is 447. The van der Waals surface area contributed by atoms with Gasteiger partial charge in [0.25, 0.3) is 0 Å². The van der Waals surface area contributed by atoms with Crippen molar-refractivity contribution in [3.8, 4) is 5.75 Å². The van der Waals surface area contributed by atoms with Gasteiger partial charge in [0.2, 0.25) is 0 Å². The molecule has 112 valence electrons. The zero-order chi connectivity index (χ0) is 15.0. The number of nitrogens with two attached hydrogens (primary N) is 1. The molecule has 0 atom stereocenters. The normalized spacial score (nSPS) is 11.8. The molecule has 1 aromatic rings. The van der Waals surface area contributed by atoms with E-state index < -0.39 is 0 Å². The maximum atomic E-state index is 13.6. The minimum Gasteiger partial charge on any atom is -0.491 e. The Balaban J connectivity index is 2.49. The van der Waals surface area contributed by atoms with Crippen LogP contribution in [0.3, 0.4) is 0 Å². The Kier molecular flexibility index (Phi) is 6.84. The van der Waals surface area contributed by atoms with Crippen LogP contribution in [0, 0.1) is 11.7 Å². The van der Waals surface area contributed by atoms with Gasteiger partial charge in [-0.2, -0.15) is 0 Å². The zero-order valence-corrected chi connectivity index (χ0v) is 12.4. The molecule has 3 N–H and O–H groups in total. The first-order chi connectivity index (χ1) is 9.52. The van der Waals surface area contributed by atoms with Crippen LogP contribution in [0.15, 0.2) is 23.2 Å². The fraction of sp³-hybridized carbons (Fsp3) is 0.533. The van der Waals surface area contributed by atoms with E-state index in [1.54, 1.807) is 12.1 Å². The van der Waals surface area contributed by atoms with Crippen LogP contribution in [0.5, 0.6) is 5.75 Å². The third kappa shape index (κ3) is 5.91. The summed E-state index contributed by atoms with van der Waals surface area (Å²) < 4.78 is 18.8. The minimum absolute atomic E-state index is 0.267. The highest BCUT2D eigenvalue weighted by Gasteiger charge is 2.04. The number of halogens is 1. The molecule has 0 aliphatic rings. The van der Waals surface area contributed by atoms with Gasteiger partial charge in [-0.25, -0.2) is 9.38 Å². The lowest BCUT2D eigenvalue weighted by molar-refractivity contribution is 0.321. The van der Waals surface area contributed by atoms with Crippen LogP contribution in [-0.4, -0.2) is 19.1 Å². The topological polar surface area (TPSA) is 59.6 Å². The monoisotopic (exact) mass is 281 g/mol. The van der Waals surface area contributed by atoms with Gasteiger partial charge in [-0.1, -0.05) is 19.9 Å². The van der Waals surface area contributed by atoms with Crippen LogP contribution in [0.4, 0.5) is 4.39 Å². The van der Waals surface area contributed by atoms with Crippen molar-refractivity contribution in [2.75, 3.05) is 13.2 Å². The summed E-state index contributed by atoms with van der Waals surface area (Å²) in [6, 6.07) is 4.83. The third-order valence-corrected chi connectivity index (χ3v) is 2.76. The van der Waals surface area contributed by atoms with Gasteiger partial charge in [0.05, 0.1) is 13.2 Å². The number of benzene rings is 1. The standard InChI is InChI=1S/C15H24FN3O/c1-4-20-14-6-5-12(9-13(14)16)10-19-15(17)18-8-7-11(2)3/h5-6,9,11H,4,7-8,10H2,1-3H3,(H3,17,18,19). The van der Waals surface area contributed by atoms with E-state index in [1.807, 2.05) is 6.92 Å². The number of ether oxygens (including phenoxy) is 1. The quantitative estimate of drug-likeness (QED) is 0.596. The van der Waals surface area contributed by atoms with Crippen molar-refractivity contribution in [1.29, 1.82) is 0 Å². The summed E-state index contributed by atoms with van der Waals surface area (Å²) in [7, 11) is 0. The summed E-state index contributed by atoms with van der Waals surface area (Å²) in [5.41, 5.74) is 6.51. The van der Waals surface area contributed by atoms with E-state index in [2.05, 4.69) is 24.2 Å². The Labute approximate surface area is 120 Å². The summed E-state index contributed by atoms with van der Waals surface area (Å²) >= 11 is 0. The molecule has 0 spiro atoms. The van der Waals surface area contributed by atoms with Gasteiger partial charge in [0.15, 0.2) is 17.5 Å². The van der Waals surface area contributed by atoms with Crippen LogP contribution < -0.4 is 15.8 Å². The SMILES string of the molecule is CCOc1ccc(CN=C(N)NCCC(C)C)cc1F. The van der Waals surface area contributed by atoms with Crippen molar-refractivity contribution in [2.24, 2.45) is 16.6 Å². The number of guanidine groups is 1. The van der Waals surface area contributed by atoms with Crippen LogP contribution in [0.1, 0.15) is 32.8 Å². The molecule has 0 aliphatic carbocycles. The van der Waals surface area contributed by atoms with E-state index in [-0.39, 0.29) is 11.6 Å². The van der Waals surface area contributed by atoms with Crippen molar-refractivity contribution in [2.45, 2.75) is 33.7 Å². The fourth-order valence-corrected chi connectivity index (χ4v) is 1.64. The smallest absolute Gasteiger partial charge is 0.188 e. The second-order valence-corrected chi connectivity index (χ2v) is 5.01. The number of hydrogen-bond acceptors (Lipinski definition) is 2. The van der Waals surface area contributed by atoms with Gasteiger partial charge in [-0.05, 0) is 37.0 Å². The molecule has 0 aromatic heterocycles. The molecule has 0 heterocycles. The van der Waals surface area contributed by atoms with Gasteiger partial charge in [-0.3, -0.25) is 0 Å². The molecule has 0 bridgehead atoms. The van der Waals surface area contributed by atoms with E-state index in [0.29, 0.717) is 25.0 Å². The highest BCUT2D eigenvalue weighted by atomic mass is 19.1. The Morgan fingerprint density at radius 1 is 1.45 bits per heavy atom.